The molecule has 1 fully saturated rings. The normalized spacial score (nSPS) is 21.1. The van der Waals surface area contributed by atoms with Crippen LogP contribution in [0.15, 0.2) is 12.4 Å². The van der Waals surface area contributed by atoms with Gasteiger partial charge in [0.15, 0.2) is 0 Å². The fourth-order valence-corrected chi connectivity index (χ4v) is 2.40. The summed E-state index contributed by atoms with van der Waals surface area (Å²) < 4.78 is 6.95. The molecule has 1 atom stereocenters. The Labute approximate surface area is 109 Å². The molecule has 0 aliphatic carbocycles. The predicted molar refractivity (Wildman–Crippen MR) is 72.9 cm³/mol. The highest BCUT2D eigenvalue weighted by Gasteiger charge is 2.18. The average molecular weight is 252 g/mol. The van der Waals surface area contributed by atoms with Crippen molar-refractivity contribution in [1.29, 1.82) is 0 Å². The maximum absolute atomic E-state index is 5.04. The molecular weight excluding hydrogens is 228 g/mol. The lowest BCUT2D eigenvalue weighted by atomic mass is 10.0. The van der Waals surface area contributed by atoms with E-state index in [1.807, 2.05) is 17.1 Å². The fourth-order valence-electron chi connectivity index (χ4n) is 2.40. The van der Waals surface area contributed by atoms with Crippen LogP contribution in [0.25, 0.3) is 0 Å². The maximum Gasteiger partial charge on any atom is 0.0727 e. The van der Waals surface area contributed by atoms with E-state index in [-0.39, 0.29) is 0 Å². The van der Waals surface area contributed by atoms with Crippen LogP contribution in [0.3, 0.4) is 0 Å². The van der Waals surface area contributed by atoms with Crippen molar-refractivity contribution in [3.05, 3.63) is 12.4 Å². The standard InChI is InChI=1S/C13H24N4O/c1-16-6-4-3-5-13(16)10-14-12-9-15-17(11-12)7-8-18-2/h9,11,13-14H,3-8,10H2,1-2H3. The van der Waals surface area contributed by atoms with E-state index >= 15 is 0 Å². The highest BCUT2D eigenvalue weighted by atomic mass is 16.5. The average Bonchev–Trinajstić information content (AvgIpc) is 2.83. The number of aromatic nitrogens is 2. The first-order valence-electron chi connectivity index (χ1n) is 6.75. The van der Waals surface area contributed by atoms with Crippen molar-refractivity contribution >= 4 is 5.69 Å². The molecule has 1 aromatic rings. The molecule has 1 aliphatic rings. The predicted octanol–water partition coefficient (Wildman–Crippen LogP) is 1.43. The van der Waals surface area contributed by atoms with Crippen molar-refractivity contribution in [1.82, 2.24) is 14.7 Å². The second kappa shape index (κ2) is 6.75. The van der Waals surface area contributed by atoms with Crippen LogP contribution in [0, 0.1) is 0 Å². The summed E-state index contributed by atoms with van der Waals surface area (Å²) in [6, 6.07) is 0.654. The Morgan fingerprint density at radius 2 is 2.39 bits per heavy atom. The first kappa shape index (κ1) is 13.4. The first-order valence-corrected chi connectivity index (χ1v) is 6.75. The van der Waals surface area contributed by atoms with Crippen molar-refractivity contribution in [3.8, 4) is 0 Å². The molecule has 102 valence electrons. The van der Waals surface area contributed by atoms with E-state index in [1.54, 1.807) is 7.11 Å². The summed E-state index contributed by atoms with van der Waals surface area (Å²) in [5.41, 5.74) is 1.10. The quantitative estimate of drug-likeness (QED) is 0.831. The molecule has 1 N–H and O–H groups in total. The lowest BCUT2D eigenvalue weighted by Gasteiger charge is -2.32. The van der Waals surface area contributed by atoms with Crippen LogP contribution in [0.1, 0.15) is 19.3 Å². The molecular formula is C13H24N4O. The molecule has 5 heteroatoms. The van der Waals surface area contributed by atoms with Gasteiger partial charge < -0.3 is 15.0 Å². The van der Waals surface area contributed by atoms with Crippen molar-refractivity contribution in [3.63, 3.8) is 0 Å². The number of nitrogens with zero attached hydrogens (tertiary/aromatic N) is 3. The molecule has 0 aromatic carbocycles. The zero-order valence-corrected chi connectivity index (χ0v) is 11.4. The number of ether oxygens (including phenoxy) is 1. The Bertz CT molecular complexity index is 353. The second-order valence-electron chi connectivity index (χ2n) is 5.00. The van der Waals surface area contributed by atoms with Gasteiger partial charge >= 0.3 is 0 Å². The van der Waals surface area contributed by atoms with E-state index in [0.717, 1.165) is 18.8 Å². The zero-order chi connectivity index (χ0) is 12.8. The maximum atomic E-state index is 5.04. The molecule has 18 heavy (non-hydrogen) atoms. The summed E-state index contributed by atoms with van der Waals surface area (Å²) in [5, 5.41) is 7.77. The minimum Gasteiger partial charge on any atom is -0.383 e. The highest BCUT2D eigenvalue weighted by molar-refractivity contribution is 5.38. The summed E-state index contributed by atoms with van der Waals surface area (Å²) in [6.45, 7) is 3.74. The summed E-state index contributed by atoms with van der Waals surface area (Å²) in [7, 11) is 3.93. The van der Waals surface area contributed by atoms with Crippen LogP contribution in [-0.4, -0.2) is 54.6 Å². The van der Waals surface area contributed by atoms with Gasteiger partial charge in [-0.15, -0.1) is 0 Å². The minimum atomic E-state index is 0.654. The van der Waals surface area contributed by atoms with E-state index in [1.165, 1.54) is 25.8 Å². The number of hydrogen-bond donors (Lipinski definition) is 1. The number of methoxy groups -OCH3 is 1. The van der Waals surface area contributed by atoms with E-state index in [2.05, 4.69) is 22.4 Å². The van der Waals surface area contributed by atoms with Gasteiger partial charge in [-0.1, -0.05) is 6.42 Å². The van der Waals surface area contributed by atoms with Gasteiger partial charge in [-0.2, -0.15) is 5.10 Å². The number of hydrogen-bond acceptors (Lipinski definition) is 4. The van der Waals surface area contributed by atoms with Crippen LogP contribution in [-0.2, 0) is 11.3 Å². The van der Waals surface area contributed by atoms with Gasteiger partial charge in [0.1, 0.15) is 0 Å². The molecule has 2 heterocycles. The highest BCUT2D eigenvalue weighted by Crippen LogP contribution is 2.15. The van der Waals surface area contributed by atoms with Crippen LogP contribution in [0.5, 0.6) is 0 Å². The molecule has 1 unspecified atom stereocenters. The van der Waals surface area contributed by atoms with Gasteiger partial charge in [0.2, 0.25) is 0 Å². The van der Waals surface area contributed by atoms with E-state index in [0.29, 0.717) is 12.6 Å². The van der Waals surface area contributed by atoms with Crippen molar-refractivity contribution in [2.75, 3.05) is 39.2 Å². The van der Waals surface area contributed by atoms with Crippen LogP contribution in [0.4, 0.5) is 5.69 Å². The van der Waals surface area contributed by atoms with Gasteiger partial charge in [-0.25, -0.2) is 0 Å². The molecule has 0 amide bonds. The molecule has 0 saturated carbocycles. The van der Waals surface area contributed by atoms with E-state index in [9.17, 15) is 0 Å². The summed E-state index contributed by atoms with van der Waals surface area (Å²) in [5.74, 6) is 0. The Kier molecular flexibility index (Phi) is 5.01. The van der Waals surface area contributed by atoms with Crippen LogP contribution in [0.2, 0.25) is 0 Å². The van der Waals surface area contributed by atoms with E-state index < -0.39 is 0 Å². The Morgan fingerprint density at radius 3 is 3.17 bits per heavy atom. The third-order valence-corrected chi connectivity index (χ3v) is 3.62. The molecule has 0 bridgehead atoms. The third-order valence-electron chi connectivity index (χ3n) is 3.62. The topological polar surface area (TPSA) is 42.3 Å². The van der Waals surface area contributed by atoms with Crippen LogP contribution >= 0.6 is 0 Å². The SMILES string of the molecule is COCCn1cc(NCC2CCCCN2C)cn1. The number of piperidine rings is 1. The Balaban J connectivity index is 1.77. The summed E-state index contributed by atoms with van der Waals surface area (Å²) >= 11 is 0. The lowest BCUT2D eigenvalue weighted by molar-refractivity contribution is 0.183. The Hall–Kier alpha value is -1.07. The molecule has 0 spiro atoms. The van der Waals surface area contributed by atoms with Crippen molar-refractivity contribution in [2.45, 2.75) is 31.8 Å². The fraction of sp³-hybridized carbons (Fsp3) is 0.769. The van der Waals surface area contributed by atoms with Gasteiger partial charge in [0.25, 0.3) is 0 Å². The van der Waals surface area contributed by atoms with Crippen molar-refractivity contribution < 1.29 is 4.74 Å². The number of anilines is 1. The second-order valence-corrected chi connectivity index (χ2v) is 5.00. The monoisotopic (exact) mass is 252 g/mol. The molecule has 5 nitrogen and oxygen atoms in total. The Morgan fingerprint density at radius 1 is 1.50 bits per heavy atom. The minimum absolute atomic E-state index is 0.654. The smallest absolute Gasteiger partial charge is 0.0727 e. The molecule has 2 rings (SSSR count). The number of likely N-dealkylation sites (N-methyl/N-ethyl adjacent to an activating group) is 1. The molecule has 0 radical (unpaired) electrons. The number of rotatable bonds is 6. The number of nitrogens with one attached hydrogen (secondary N) is 1. The van der Waals surface area contributed by atoms with Gasteiger partial charge in [-0.3, -0.25) is 4.68 Å². The van der Waals surface area contributed by atoms with Gasteiger partial charge in [0, 0.05) is 25.9 Å². The third kappa shape index (κ3) is 3.71. The van der Waals surface area contributed by atoms with Crippen LogP contribution < -0.4 is 5.32 Å². The van der Waals surface area contributed by atoms with Gasteiger partial charge in [-0.05, 0) is 26.4 Å². The number of likely N-dealkylation sites (tertiary alicyclic amines) is 1. The summed E-state index contributed by atoms with van der Waals surface area (Å²) in [4.78, 5) is 2.45. The summed E-state index contributed by atoms with van der Waals surface area (Å²) in [6.07, 6.45) is 7.91. The lowest BCUT2D eigenvalue weighted by Crippen LogP contribution is -2.40. The van der Waals surface area contributed by atoms with Gasteiger partial charge in [0.05, 0.1) is 25.0 Å². The molecule has 1 aromatic heterocycles. The molecule has 1 saturated heterocycles. The largest absolute Gasteiger partial charge is 0.383 e. The zero-order valence-electron chi connectivity index (χ0n) is 11.4. The van der Waals surface area contributed by atoms with E-state index in [4.69, 9.17) is 4.74 Å². The van der Waals surface area contributed by atoms with Crippen molar-refractivity contribution in [2.24, 2.45) is 0 Å². The molecule has 1 aliphatic heterocycles. The first-order chi connectivity index (χ1) is 8.79.